The van der Waals surface area contributed by atoms with Crippen molar-refractivity contribution in [2.24, 2.45) is 0 Å². The second kappa shape index (κ2) is 7.63. The van der Waals surface area contributed by atoms with Gasteiger partial charge in [0.05, 0.1) is 11.1 Å². The first-order chi connectivity index (χ1) is 10.2. The van der Waals surface area contributed by atoms with E-state index < -0.39 is 0 Å². The van der Waals surface area contributed by atoms with Crippen molar-refractivity contribution in [2.75, 3.05) is 0 Å². The third kappa shape index (κ3) is 4.00. The largest absolute Gasteiger partial charge is 1.00 e. The van der Waals surface area contributed by atoms with Gasteiger partial charge in [0.15, 0.2) is 12.2 Å². The van der Waals surface area contributed by atoms with Crippen molar-refractivity contribution in [1.29, 1.82) is 0 Å². The van der Waals surface area contributed by atoms with Crippen LogP contribution in [0.5, 0.6) is 0 Å². The Balaban J connectivity index is 0.00000176. The molecule has 0 saturated heterocycles. The van der Waals surface area contributed by atoms with Gasteiger partial charge >= 0.3 is 0 Å². The summed E-state index contributed by atoms with van der Waals surface area (Å²) in [5.74, 6) is 0.0901. The smallest absolute Gasteiger partial charge is 0.287 e. The molecule has 0 unspecified atom stereocenters. The topological polar surface area (TPSA) is 33.8 Å². The molecule has 0 aliphatic carbocycles. The highest BCUT2D eigenvalue weighted by atomic mass is 79.9. The summed E-state index contributed by atoms with van der Waals surface area (Å²) < 4.78 is 1.77. The number of hydrogen-bond acceptors (Lipinski definition) is 3. The average molecular weight is 396 g/mol. The molecular formula is C16H12BrClN2OS. The molecule has 1 aromatic carbocycles. The normalized spacial score (nSPS) is 10.0. The van der Waals surface area contributed by atoms with Crippen molar-refractivity contribution in [3.63, 3.8) is 0 Å². The molecule has 0 atom stereocenters. The highest BCUT2D eigenvalue weighted by Crippen LogP contribution is 2.19. The molecule has 0 radical (unpaired) electrons. The van der Waals surface area contributed by atoms with Gasteiger partial charge in [0.2, 0.25) is 5.78 Å². The van der Waals surface area contributed by atoms with E-state index in [4.69, 9.17) is 11.6 Å². The summed E-state index contributed by atoms with van der Waals surface area (Å²) in [5.41, 5.74) is 1.79. The molecular weight excluding hydrogens is 384 g/mol. The predicted molar refractivity (Wildman–Crippen MR) is 83.5 cm³/mol. The molecule has 0 N–H and O–H groups in total. The van der Waals surface area contributed by atoms with E-state index in [9.17, 15) is 4.79 Å². The van der Waals surface area contributed by atoms with Gasteiger partial charge < -0.3 is 17.0 Å². The van der Waals surface area contributed by atoms with Gasteiger partial charge in [-0.05, 0) is 28.6 Å². The predicted octanol–water partition coefficient (Wildman–Crippen LogP) is 0.638. The Morgan fingerprint density at radius 2 is 2.09 bits per heavy atom. The highest BCUT2D eigenvalue weighted by molar-refractivity contribution is 7.12. The molecule has 3 rings (SSSR count). The molecule has 0 bridgehead atoms. The Kier molecular flexibility index (Phi) is 5.83. The van der Waals surface area contributed by atoms with Crippen LogP contribution in [0.1, 0.15) is 9.67 Å². The number of aromatic nitrogens is 2. The summed E-state index contributed by atoms with van der Waals surface area (Å²) in [6, 6.07) is 13.1. The lowest BCUT2D eigenvalue weighted by Crippen LogP contribution is -3.00. The van der Waals surface area contributed by atoms with Gasteiger partial charge in [-0.15, -0.1) is 11.3 Å². The van der Waals surface area contributed by atoms with Gasteiger partial charge in [-0.25, -0.2) is 4.57 Å². The van der Waals surface area contributed by atoms with E-state index in [1.165, 1.54) is 11.3 Å². The van der Waals surface area contributed by atoms with Crippen LogP contribution in [-0.2, 0) is 6.54 Å². The molecule has 2 heterocycles. The standard InChI is InChI=1S/C16H12ClN2OS.BrH/c17-13-4-1-3-12(9-13)14-6-7-19(11-18-14)10-15(20)16-5-2-8-21-16;/h1-9,11H,10H2;1H/q+1;/p-1. The lowest BCUT2D eigenvalue weighted by Gasteiger charge is -1.99. The highest BCUT2D eigenvalue weighted by Gasteiger charge is 2.12. The van der Waals surface area contributed by atoms with Crippen LogP contribution in [0.15, 0.2) is 60.4 Å². The minimum atomic E-state index is 0. The van der Waals surface area contributed by atoms with E-state index >= 15 is 0 Å². The second-order valence-corrected chi connectivity index (χ2v) is 5.91. The van der Waals surface area contributed by atoms with Gasteiger partial charge in [-0.1, -0.05) is 29.8 Å². The number of halogens is 2. The lowest BCUT2D eigenvalue weighted by molar-refractivity contribution is -0.686. The fraction of sp³-hybridized carbons (Fsp3) is 0.0625. The molecule has 0 fully saturated rings. The minimum Gasteiger partial charge on any atom is -1.00 e. The SMILES string of the molecule is O=C(C[n+]1ccc(-c2cccc(Cl)c2)nc1)c1cccs1.[Br-]. The van der Waals surface area contributed by atoms with Gasteiger partial charge in [-0.2, -0.15) is 0 Å². The number of Topliss-reactive ketones (excluding diaryl/α,β-unsaturated/α-hetero) is 1. The fourth-order valence-electron chi connectivity index (χ4n) is 1.98. The van der Waals surface area contributed by atoms with E-state index in [1.807, 2.05) is 54.0 Å². The van der Waals surface area contributed by atoms with Crippen LogP contribution in [0.25, 0.3) is 11.3 Å². The van der Waals surface area contributed by atoms with E-state index in [0.29, 0.717) is 11.6 Å². The number of benzene rings is 1. The zero-order valence-corrected chi connectivity index (χ0v) is 14.6. The van der Waals surface area contributed by atoms with Crippen LogP contribution in [0, 0.1) is 0 Å². The third-order valence-corrected chi connectivity index (χ3v) is 4.16. The van der Waals surface area contributed by atoms with E-state index in [-0.39, 0.29) is 22.8 Å². The van der Waals surface area contributed by atoms with E-state index in [2.05, 4.69) is 4.98 Å². The van der Waals surface area contributed by atoms with Gasteiger partial charge in [0.1, 0.15) is 0 Å². The molecule has 22 heavy (non-hydrogen) atoms. The Hall–Kier alpha value is -1.56. The Morgan fingerprint density at radius 3 is 2.73 bits per heavy atom. The molecule has 112 valence electrons. The number of ketones is 1. The summed E-state index contributed by atoms with van der Waals surface area (Å²) in [7, 11) is 0. The second-order valence-electron chi connectivity index (χ2n) is 4.53. The maximum absolute atomic E-state index is 12.0. The van der Waals surface area contributed by atoms with Crippen molar-refractivity contribution in [3.05, 3.63) is 70.3 Å². The number of carbonyl (C=O) groups is 1. The molecule has 0 aliphatic rings. The molecule has 3 aromatic rings. The quantitative estimate of drug-likeness (QED) is 0.480. The van der Waals surface area contributed by atoms with Crippen LogP contribution in [0.2, 0.25) is 5.02 Å². The molecule has 0 aliphatic heterocycles. The maximum atomic E-state index is 12.0. The Bertz CT molecular complexity index is 760. The summed E-state index contributed by atoms with van der Waals surface area (Å²) >= 11 is 7.43. The molecule has 2 aromatic heterocycles. The van der Waals surface area contributed by atoms with Crippen molar-refractivity contribution in [3.8, 4) is 11.3 Å². The summed E-state index contributed by atoms with van der Waals surface area (Å²) in [4.78, 5) is 17.2. The van der Waals surface area contributed by atoms with Crippen LogP contribution >= 0.6 is 22.9 Å². The van der Waals surface area contributed by atoms with E-state index in [1.54, 1.807) is 10.9 Å². The first-order valence-corrected chi connectivity index (χ1v) is 7.66. The first-order valence-electron chi connectivity index (χ1n) is 6.40. The summed E-state index contributed by atoms with van der Waals surface area (Å²) in [6.07, 6.45) is 3.52. The number of hydrogen-bond donors (Lipinski definition) is 0. The number of nitrogens with zero attached hydrogens (tertiary/aromatic N) is 2. The summed E-state index contributed by atoms with van der Waals surface area (Å²) in [6.45, 7) is 0.295. The maximum Gasteiger partial charge on any atom is 0.287 e. The van der Waals surface area contributed by atoms with E-state index in [0.717, 1.165) is 16.1 Å². The lowest BCUT2D eigenvalue weighted by atomic mass is 10.1. The third-order valence-electron chi connectivity index (χ3n) is 3.01. The molecule has 3 nitrogen and oxygen atoms in total. The Labute approximate surface area is 148 Å². The molecule has 0 saturated carbocycles. The minimum absolute atomic E-state index is 0. The molecule has 6 heteroatoms. The van der Waals surface area contributed by atoms with Gasteiger partial charge in [0.25, 0.3) is 6.33 Å². The summed E-state index contributed by atoms with van der Waals surface area (Å²) in [5, 5.41) is 2.58. The van der Waals surface area contributed by atoms with Gasteiger partial charge in [-0.3, -0.25) is 4.79 Å². The first kappa shape index (κ1) is 16.8. The number of thiophene rings is 1. The van der Waals surface area contributed by atoms with Crippen LogP contribution in [0.3, 0.4) is 0 Å². The zero-order chi connectivity index (χ0) is 14.7. The van der Waals surface area contributed by atoms with Crippen molar-refractivity contribution >= 4 is 28.7 Å². The molecule has 0 spiro atoms. The van der Waals surface area contributed by atoms with Crippen molar-refractivity contribution < 1.29 is 26.3 Å². The number of carbonyl (C=O) groups excluding carboxylic acids is 1. The average Bonchev–Trinajstić information content (AvgIpc) is 3.02. The fourth-order valence-corrected chi connectivity index (χ4v) is 2.82. The van der Waals surface area contributed by atoms with Crippen molar-refractivity contribution in [1.82, 2.24) is 4.98 Å². The number of rotatable bonds is 4. The monoisotopic (exact) mass is 394 g/mol. The van der Waals surface area contributed by atoms with Crippen LogP contribution < -0.4 is 21.5 Å². The van der Waals surface area contributed by atoms with Gasteiger partial charge in [0, 0.05) is 16.7 Å². The van der Waals surface area contributed by atoms with Crippen molar-refractivity contribution in [2.45, 2.75) is 6.54 Å². The molecule has 0 amide bonds. The Morgan fingerprint density at radius 1 is 1.23 bits per heavy atom. The van der Waals surface area contributed by atoms with Crippen LogP contribution in [0.4, 0.5) is 0 Å². The zero-order valence-electron chi connectivity index (χ0n) is 11.4. The van der Waals surface area contributed by atoms with Crippen LogP contribution in [-0.4, -0.2) is 10.8 Å².